The minimum Gasteiger partial charge on any atom is -0.385 e. The third-order valence-electron chi connectivity index (χ3n) is 4.05. The highest BCUT2D eigenvalue weighted by atomic mass is 32.2. The zero-order valence-electron chi connectivity index (χ0n) is 15.0. The van der Waals surface area contributed by atoms with Crippen molar-refractivity contribution in [2.75, 3.05) is 29.2 Å². The lowest BCUT2D eigenvalue weighted by molar-refractivity contribution is -0.115. The van der Waals surface area contributed by atoms with E-state index >= 15 is 0 Å². The van der Waals surface area contributed by atoms with Gasteiger partial charge in [0.15, 0.2) is 5.82 Å². The molecule has 0 saturated heterocycles. The molecular weight excluding hydrogens is 364 g/mol. The van der Waals surface area contributed by atoms with E-state index in [1.165, 1.54) is 6.26 Å². The van der Waals surface area contributed by atoms with Crippen LogP contribution in [-0.2, 0) is 21.1 Å². The van der Waals surface area contributed by atoms with Crippen molar-refractivity contribution in [3.8, 4) is 0 Å². The summed E-state index contributed by atoms with van der Waals surface area (Å²) < 4.78 is 22.4. The lowest BCUT2D eigenvalue weighted by Crippen LogP contribution is -2.14. The summed E-state index contributed by atoms with van der Waals surface area (Å²) in [5.74, 6) is 0.487. The van der Waals surface area contributed by atoms with Crippen LogP contribution < -0.4 is 10.6 Å². The van der Waals surface area contributed by atoms with Crippen LogP contribution >= 0.6 is 0 Å². The lowest BCUT2D eigenvalue weighted by Gasteiger charge is -2.07. The number of aromatic amines is 1. The first-order chi connectivity index (χ1) is 12.9. The van der Waals surface area contributed by atoms with Crippen molar-refractivity contribution in [3.63, 3.8) is 0 Å². The smallest absolute Gasteiger partial charge is 0.230 e. The molecule has 1 aromatic heterocycles. The number of nitrogens with zero attached hydrogens (tertiary/aromatic N) is 1. The Hall–Kier alpha value is -2.87. The summed E-state index contributed by atoms with van der Waals surface area (Å²) in [6, 6.07) is 15.2. The molecule has 2 aromatic carbocycles. The molecule has 0 radical (unpaired) electrons. The van der Waals surface area contributed by atoms with Gasteiger partial charge in [0.2, 0.25) is 5.91 Å². The maximum Gasteiger partial charge on any atom is 0.230 e. The van der Waals surface area contributed by atoms with Crippen molar-refractivity contribution in [2.45, 2.75) is 12.8 Å². The van der Waals surface area contributed by atoms with Gasteiger partial charge < -0.3 is 10.6 Å². The number of sulfone groups is 1. The standard InChI is InChI=1S/C19H22N4O3S/c1-27(25,26)11-5-10-20-15-8-9-17-16(13-15)19(23-22-17)21-18(24)12-14-6-3-2-4-7-14/h2-4,6-9,13,20H,5,10-12H2,1H3,(H2,21,22,23,24). The Morgan fingerprint density at radius 2 is 1.93 bits per heavy atom. The van der Waals surface area contributed by atoms with Crippen LogP contribution in [-0.4, -0.2) is 43.1 Å². The molecule has 8 heteroatoms. The van der Waals surface area contributed by atoms with Crippen molar-refractivity contribution in [1.29, 1.82) is 0 Å². The van der Waals surface area contributed by atoms with Gasteiger partial charge in [-0.1, -0.05) is 30.3 Å². The molecule has 0 aliphatic carbocycles. The Balaban J connectivity index is 1.65. The summed E-state index contributed by atoms with van der Waals surface area (Å²) >= 11 is 0. The average molecular weight is 386 g/mol. The Morgan fingerprint density at radius 3 is 2.67 bits per heavy atom. The van der Waals surface area contributed by atoms with Gasteiger partial charge in [-0.15, -0.1) is 0 Å². The predicted molar refractivity (Wildman–Crippen MR) is 108 cm³/mol. The molecule has 0 aliphatic heterocycles. The molecule has 0 spiro atoms. The number of aromatic nitrogens is 2. The van der Waals surface area contributed by atoms with Crippen LogP contribution in [0.2, 0.25) is 0 Å². The monoisotopic (exact) mass is 386 g/mol. The third kappa shape index (κ3) is 5.55. The zero-order chi connectivity index (χ0) is 19.3. The summed E-state index contributed by atoms with van der Waals surface area (Å²) in [7, 11) is -2.95. The number of benzene rings is 2. The van der Waals surface area contributed by atoms with Crippen molar-refractivity contribution in [3.05, 3.63) is 54.1 Å². The topological polar surface area (TPSA) is 104 Å². The van der Waals surface area contributed by atoms with Crippen LogP contribution in [0.15, 0.2) is 48.5 Å². The van der Waals surface area contributed by atoms with E-state index in [0.717, 1.165) is 22.2 Å². The van der Waals surface area contributed by atoms with Gasteiger partial charge in [-0.05, 0) is 30.2 Å². The fraction of sp³-hybridized carbons (Fsp3) is 0.263. The van der Waals surface area contributed by atoms with E-state index in [1.54, 1.807) is 0 Å². The van der Waals surface area contributed by atoms with Crippen molar-refractivity contribution >= 4 is 38.2 Å². The number of hydrogen-bond donors (Lipinski definition) is 3. The molecule has 1 amide bonds. The number of H-pyrrole nitrogens is 1. The third-order valence-corrected chi connectivity index (χ3v) is 5.08. The second-order valence-corrected chi connectivity index (χ2v) is 8.71. The molecule has 3 N–H and O–H groups in total. The maximum absolute atomic E-state index is 12.3. The highest BCUT2D eigenvalue weighted by molar-refractivity contribution is 7.90. The number of hydrogen-bond acceptors (Lipinski definition) is 5. The molecule has 7 nitrogen and oxygen atoms in total. The Kier molecular flexibility index (Phi) is 5.75. The maximum atomic E-state index is 12.3. The minimum atomic E-state index is -2.95. The van der Waals surface area contributed by atoms with Gasteiger partial charge in [0.25, 0.3) is 0 Å². The first-order valence-corrected chi connectivity index (χ1v) is 10.7. The number of amides is 1. The largest absolute Gasteiger partial charge is 0.385 e. The molecule has 0 bridgehead atoms. The highest BCUT2D eigenvalue weighted by Gasteiger charge is 2.11. The average Bonchev–Trinajstić information content (AvgIpc) is 3.01. The Morgan fingerprint density at radius 1 is 1.15 bits per heavy atom. The molecule has 3 rings (SSSR count). The molecule has 27 heavy (non-hydrogen) atoms. The van der Waals surface area contributed by atoms with Crippen molar-refractivity contribution in [2.24, 2.45) is 0 Å². The molecule has 0 fully saturated rings. The molecule has 0 atom stereocenters. The molecule has 0 saturated carbocycles. The van der Waals surface area contributed by atoms with Gasteiger partial charge in [-0.2, -0.15) is 5.10 Å². The second-order valence-electron chi connectivity index (χ2n) is 6.45. The normalized spacial score (nSPS) is 11.4. The van der Waals surface area contributed by atoms with Crippen molar-refractivity contribution in [1.82, 2.24) is 10.2 Å². The summed E-state index contributed by atoms with van der Waals surface area (Å²) in [4.78, 5) is 12.3. The Labute approximate surface area is 158 Å². The van der Waals surface area contributed by atoms with Gasteiger partial charge in [-0.25, -0.2) is 8.42 Å². The van der Waals surface area contributed by atoms with E-state index in [9.17, 15) is 13.2 Å². The summed E-state index contributed by atoms with van der Waals surface area (Å²) in [6.07, 6.45) is 2.04. The number of carbonyl (C=O) groups excluding carboxylic acids is 1. The van der Waals surface area contributed by atoms with Gasteiger partial charge in [0.1, 0.15) is 9.84 Å². The Bertz CT molecular complexity index is 1030. The molecule has 3 aromatic rings. The number of carbonyl (C=O) groups is 1. The first-order valence-electron chi connectivity index (χ1n) is 8.64. The van der Waals surface area contributed by atoms with Crippen LogP contribution in [0, 0.1) is 0 Å². The molecule has 0 aliphatic rings. The fourth-order valence-corrected chi connectivity index (χ4v) is 3.41. The van der Waals surface area contributed by atoms with E-state index in [0.29, 0.717) is 18.8 Å². The summed E-state index contributed by atoms with van der Waals surface area (Å²) in [5, 5.41) is 13.9. The molecule has 142 valence electrons. The summed E-state index contributed by atoms with van der Waals surface area (Å²) in [6.45, 7) is 0.548. The van der Waals surface area contributed by atoms with Crippen LogP contribution in [0.3, 0.4) is 0 Å². The van der Waals surface area contributed by atoms with Crippen LogP contribution in [0.5, 0.6) is 0 Å². The van der Waals surface area contributed by atoms with Gasteiger partial charge in [0.05, 0.1) is 17.7 Å². The van der Waals surface area contributed by atoms with Crippen LogP contribution in [0.4, 0.5) is 11.5 Å². The molecule has 0 unspecified atom stereocenters. The lowest BCUT2D eigenvalue weighted by atomic mass is 10.1. The van der Waals surface area contributed by atoms with E-state index in [-0.39, 0.29) is 18.1 Å². The van der Waals surface area contributed by atoms with E-state index in [2.05, 4.69) is 20.8 Å². The van der Waals surface area contributed by atoms with E-state index in [4.69, 9.17) is 0 Å². The number of rotatable bonds is 8. The molecule has 1 heterocycles. The SMILES string of the molecule is CS(=O)(=O)CCCNc1ccc2[nH]nc(NC(=O)Cc3ccccc3)c2c1. The number of fused-ring (bicyclic) bond motifs is 1. The van der Waals surface area contributed by atoms with E-state index < -0.39 is 9.84 Å². The van der Waals surface area contributed by atoms with Crippen molar-refractivity contribution < 1.29 is 13.2 Å². The predicted octanol–water partition coefficient (Wildman–Crippen LogP) is 2.59. The fourth-order valence-electron chi connectivity index (χ4n) is 2.74. The molecular formula is C19H22N4O3S. The van der Waals surface area contributed by atoms with Gasteiger partial charge in [0, 0.05) is 23.9 Å². The quantitative estimate of drug-likeness (QED) is 0.516. The summed E-state index contributed by atoms with van der Waals surface area (Å²) in [5.41, 5.74) is 2.59. The number of anilines is 2. The number of nitrogens with one attached hydrogen (secondary N) is 3. The minimum absolute atomic E-state index is 0.138. The first kappa shape index (κ1) is 18.9. The second kappa shape index (κ2) is 8.22. The van der Waals surface area contributed by atoms with Crippen LogP contribution in [0.1, 0.15) is 12.0 Å². The van der Waals surface area contributed by atoms with Gasteiger partial charge >= 0.3 is 0 Å². The zero-order valence-corrected chi connectivity index (χ0v) is 15.8. The van der Waals surface area contributed by atoms with E-state index in [1.807, 2.05) is 48.5 Å². The van der Waals surface area contributed by atoms with Gasteiger partial charge in [-0.3, -0.25) is 9.89 Å². The van der Waals surface area contributed by atoms with Crippen LogP contribution in [0.25, 0.3) is 10.9 Å². The highest BCUT2D eigenvalue weighted by Crippen LogP contribution is 2.24.